The summed E-state index contributed by atoms with van der Waals surface area (Å²) in [4.78, 5) is 14.5. The number of rotatable bonds is 6. The summed E-state index contributed by atoms with van der Waals surface area (Å²) in [6.07, 6.45) is 1.23. The monoisotopic (exact) mass is 290 g/mol. The molecular weight excluding hydrogens is 264 g/mol. The molecule has 1 unspecified atom stereocenters. The Hall–Kier alpha value is -1.39. The third-order valence-electron chi connectivity index (χ3n) is 3.97. The van der Waals surface area contributed by atoms with Crippen molar-refractivity contribution in [1.29, 1.82) is 0 Å². The van der Waals surface area contributed by atoms with E-state index >= 15 is 0 Å². The first-order valence-corrected chi connectivity index (χ1v) is 7.82. The second kappa shape index (κ2) is 7.57. The van der Waals surface area contributed by atoms with Crippen LogP contribution in [0.2, 0.25) is 0 Å². The van der Waals surface area contributed by atoms with E-state index in [0.29, 0.717) is 24.1 Å². The number of hydrogen-bond acceptors (Lipinski definition) is 3. The number of amides is 1. The normalized spacial score (nSPS) is 20.7. The first-order valence-electron chi connectivity index (χ1n) is 7.82. The van der Waals surface area contributed by atoms with E-state index in [2.05, 4.69) is 24.1 Å². The molecule has 116 valence electrons. The van der Waals surface area contributed by atoms with Crippen LogP contribution in [0.25, 0.3) is 0 Å². The average molecular weight is 290 g/mol. The zero-order chi connectivity index (χ0) is 15.2. The highest BCUT2D eigenvalue weighted by molar-refractivity contribution is 5.81. The third kappa shape index (κ3) is 4.55. The number of aliphatic hydroxyl groups is 1. The Morgan fingerprint density at radius 3 is 2.76 bits per heavy atom. The highest BCUT2D eigenvalue weighted by Gasteiger charge is 2.26. The zero-order valence-corrected chi connectivity index (χ0v) is 13.0. The minimum absolute atomic E-state index is 0.308. The van der Waals surface area contributed by atoms with Gasteiger partial charge >= 0.3 is 0 Å². The standard InChI is InChI=1S/C17H26N2O2/c1-13(2)12-19-10-6-9-15(19)11-18-17(21)16(20)14-7-4-3-5-8-14/h3-5,7-8,13,15-16,20H,6,9-12H2,1-2H3,(H,18,21)/t15-,16?/m0/s1. The van der Waals surface area contributed by atoms with E-state index in [-0.39, 0.29) is 5.91 Å². The Bertz CT molecular complexity index is 447. The molecule has 21 heavy (non-hydrogen) atoms. The van der Waals surface area contributed by atoms with Gasteiger partial charge in [-0.1, -0.05) is 44.2 Å². The minimum atomic E-state index is -1.08. The quantitative estimate of drug-likeness (QED) is 0.842. The summed E-state index contributed by atoms with van der Waals surface area (Å²) < 4.78 is 0. The lowest BCUT2D eigenvalue weighted by Gasteiger charge is -2.26. The van der Waals surface area contributed by atoms with Gasteiger partial charge in [0.2, 0.25) is 0 Å². The maximum atomic E-state index is 12.0. The van der Waals surface area contributed by atoms with Gasteiger partial charge in [0, 0.05) is 19.1 Å². The minimum Gasteiger partial charge on any atom is -0.378 e. The van der Waals surface area contributed by atoms with Gasteiger partial charge in [-0.15, -0.1) is 0 Å². The van der Waals surface area contributed by atoms with E-state index in [1.54, 1.807) is 12.1 Å². The average Bonchev–Trinajstić information content (AvgIpc) is 2.91. The summed E-state index contributed by atoms with van der Waals surface area (Å²) in [6.45, 7) is 7.23. The third-order valence-corrected chi connectivity index (χ3v) is 3.97. The Kier molecular flexibility index (Phi) is 5.76. The Labute approximate surface area is 127 Å². The molecule has 2 N–H and O–H groups in total. The smallest absolute Gasteiger partial charge is 0.253 e. The molecule has 2 rings (SSSR count). The van der Waals surface area contributed by atoms with Crippen LogP contribution in [-0.2, 0) is 4.79 Å². The van der Waals surface area contributed by atoms with Crippen LogP contribution in [0.4, 0.5) is 0 Å². The van der Waals surface area contributed by atoms with Crippen LogP contribution >= 0.6 is 0 Å². The van der Waals surface area contributed by atoms with Crippen LogP contribution < -0.4 is 5.32 Å². The highest BCUT2D eigenvalue weighted by Crippen LogP contribution is 2.18. The molecule has 0 saturated carbocycles. The van der Waals surface area contributed by atoms with Crippen molar-refractivity contribution in [3.05, 3.63) is 35.9 Å². The van der Waals surface area contributed by atoms with Crippen molar-refractivity contribution < 1.29 is 9.90 Å². The number of nitrogens with one attached hydrogen (secondary N) is 1. The number of carbonyl (C=O) groups excluding carboxylic acids is 1. The van der Waals surface area contributed by atoms with Crippen LogP contribution in [0.15, 0.2) is 30.3 Å². The number of aliphatic hydroxyl groups excluding tert-OH is 1. The van der Waals surface area contributed by atoms with Crippen LogP contribution in [0.3, 0.4) is 0 Å². The van der Waals surface area contributed by atoms with E-state index in [9.17, 15) is 9.90 Å². The van der Waals surface area contributed by atoms with Crippen molar-refractivity contribution in [3.63, 3.8) is 0 Å². The van der Waals surface area contributed by atoms with Gasteiger partial charge < -0.3 is 10.4 Å². The fourth-order valence-corrected chi connectivity index (χ4v) is 2.94. The predicted octanol–water partition coefficient (Wildman–Crippen LogP) is 1.96. The summed E-state index contributed by atoms with van der Waals surface area (Å²) in [6, 6.07) is 9.46. The molecule has 0 bridgehead atoms. The Morgan fingerprint density at radius 2 is 2.10 bits per heavy atom. The lowest BCUT2D eigenvalue weighted by molar-refractivity contribution is -0.129. The number of hydrogen-bond donors (Lipinski definition) is 2. The number of carbonyl (C=O) groups is 1. The van der Waals surface area contributed by atoms with Gasteiger partial charge in [-0.05, 0) is 30.9 Å². The van der Waals surface area contributed by atoms with Gasteiger partial charge in [0.05, 0.1) is 0 Å². The molecule has 1 fully saturated rings. The fourth-order valence-electron chi connectivity index (χ4n) is 2.94. The van der Waals surface area contributed by atoms with Gasteiger partial charge in [-0.3, -0.25) is 9.69 Å². The lowest BCUT2D eigenvalue weighted by Crippen LogP contribution is -2.42. The van der Waals surface area contributed by atoms with Crippen molar-refractivity contribution in [1.82, 2.24) is 10.2 Å². The molecule has 0 spiro atoms. The van der Waals surface area contributed by atoms with Gasteiger partial charge in [-0.25, -0.2) is 0 Å². The molecule has 2 atom stereocenters. The van der Waals surface area contributed by atoms with Crippen molar-refractivity contribution >= 4 is 5.91 Å². The number of likely N-dealkylation sites (tertiary alicyclic amines) is 1. The molecular formula is C17H26N2O2. The van der Waals surface area contributed by atoms with Gasteiger partial charge in [0.1, 0.15) is 0 Å². The van der Waals surface area contributed by atoms with E-state index < -0.39 is 6.10 Å². The van der Waals surface area contributed by atoms with Crippen molar-refractivity contribution in [3.8, 4) is 0 Å². The van der Waals surface area contributed by atoms with E-state index in [4.69, 9.17) is 0 Å². The van der Waals surface area contributed by atoms with Crippen LogP contribution in [0.5, 0.6) is 0 Å². The topological polar surface area (TPSA) is 52.6 Å². The first-order chi connectivity index (χ1) is 10.1. The highest BCUT2D eigenvalue weighted by atomic mass is 16.3. The molecule has 0 aromatic heterocycles. The maximum absolute atomic E-state index is 12.0. The molecule has 4 heteroatoms. The van der Waals surface area contributed by atoms with Gasteiger partial charge in [0.15, 0.2) is 6.10 Å². The van der Waals surface area contributed by atoms with Gasteiger partial charge in [-0.2, -0.15) is 0 Å². The molecule has 1 aliphatic heterocycles. The van der Waals surface area contributed by atoms with E-state index in [0.717, 1.165) is 19.5 Å². The summed E-state index contributed by atoms with van der Waals surface area (Å²) in [7, 11) is 0. The second-order valence-electron chi connectivity index (χ2n) is 6.24. The van der Waals surface area contributed by atoms with E-state index in [1.807, 2.05) is 18.2 Å². The Morgan fingerprint density at radius 1 is 1.38 bits per heavy atom. The molecule has 4 nitrogen and oxygen atoms in total. The van der Waals surface area contributed by atoms with Crippen molar-refractivity contribution in [2.75, 3.05) is 19.6 Å². The van der Waals surface area contributed by atoms with Crippen molar-refractivity contribution in [2.45, 2.75) is 38.8 Å². The Balaban J connectivity index is 1.83. The largest absolute Gasteiger partial charge is 0.378 e. The molecule has 1 heterocycles. The summed E-state index contributed by atoms with van der Waals surface area (Å²) in [5.41, 5.74) is 0.639. The molecule has 1 aliphatic rings. The second-order valence-corrected chi connectivity index (χ2v) is 6.24. The predicted molar refractivity (Wildman–Crippen MR) is 83.8 cm³/mol. The molecule has 0 aliphatic carbocycles. The molecule has 1 saturated heterocycles. The van der Waals surface area contributed by atoms with Crippen LogP contribution in [0.1, 0.15) is 38.4 Å². The molecule has 1 aromatic carbocycles. The number of nitrogens with zero attached hydrogens (tertiary/aromatic N) is 1. The lowest BCUT2D eigenvalue weighted by atomic mass is 10.1. The molecule has 1 amide bonds. The SMILES string of the molecule is CC(C)CN1CCC[C@H]1CNC(=O)C(O)c1ccccc1. The zero-order valence-electron chi connectivity index (χ0n) is 13.0. The van der Waals surface area contributed by atoms with E-state index in [1.165, 1.54) is 6.42 Å². The maximum Gasteiger partial charge on any atom is 0.253 e. The van der Waals surface area contributed by atoms with Crippen molar-refractivity contribution in [2.24, 2.45) is 5.92 Å². The first kappa shape index (κ1) is 16.0. The molecule has 1 aromatic rings. The summed E-state index contributed by atoms with van der Waals surface area (Å²) in [5, 5.41) is 12.9. The van der Waals surface area contributed by atoms with Crippen LogP contribution in [-0.4, -0.2) is 41.6 Å². The summed E-state index contributed by atoms with van der Waals surface area (Å²) in [5.74, 6) is 0.328. The van der Waals surface area contributed by atoms with Gasteiger partial charge in [0.25, 0.3) is 5.91 Å². The summed E-state index contributed by atoms with van der Waals surface area (Å²) >= 11 is 0. The fraction of sp³-hybridized carbons (Fsp3) is 0.588. The number of benzene rings is 1. The molecule has 0 radical (unpaired) electrons. The van der Waals surface area contributed by atoms with Crippen LogP contribution in [0, 0.1) is 5.92 Å².